The molecule has 2 heterocycles. The predicted molar refractivity (Wildman–Crippen MR) is 126 cm³/mol. The first-order valence-electron chi connectivity index (χ1n) is 9.21. The number of nitrogens with one attached hydrogen (secondary N) is 2. The van der Waals surface area contributed by atoms with Gasteiger partial charge < -0.3 is 14.8 Å². The van der Waals surface area contributed by atoms with Gasteiger partial charge in [0.1, 0.15) is 11.5 Å². The number of nitrogens with zero attached hydrogens (tertiary/aromatic N) is 3. The smallest absolute Gasteiger partial charge is 0.286 e. The van der Waals surface area contributed by atoms with Crippen LogP contribution in [0.15, 0.2) is 46.8 Å². The van der Waals surface area contributed by atoms with Gasteiger partial charge in [0.15, 0.2) is 9.35 Å². The second-order valence-corrected chi connectivity index (χ2v) is 9.45. The SMILES string of the molecule is COc1ccc(OC)c(NC(=O)CSc2nnc(NC(=O)c3nc4ccccc4s3)s2)c1. The van der Waals surface area contributed by atoms with Crippen molar-refractivity contribution < 1.29 is 19.1 Å². The molecule has 0 fully saturated rings. The number of hydrogen-bond acceptors (Lipinski definition) is 10. The summed E-state index contributed by atoms with van der Waals surface area (Å²) in [6.45, 7) is 0. The van der Waals surface area contributed by atoms with Crippen LogP contribution in [0.3, 0.4) is 0 Å². The van der Waals surface area contributed by atoms with Gasteiger partial charge in [-0.3, -0.25) is 14.9 Å². The first kappa shape index (κ1) is 22.0. The topological polar surface area (TPSA) is 115 Å². The van der Waals surface area contributed by atoms with Crippen molar-refractivity contribution in [3.05, 3.63) is 47.5 Å². The van der Waals surface area contributed by atoms with Crippen molar-refractivity contribution in [2.75, 3.05) is 30.6 Å². The van der Waals surface area contributed by atoms with E-state index >= 15 is 0 Å². The molecule has 9 nitrogen and oxygen atoms in total. The number of benzene rings is 2. The highest BCUT2D eigenvalue weighted by Crippen LogP contribution is 2.30. The summed E-state index contributed by atoms with van der Waals surface area (Å²) < 4.78 is 11.9. The molecule has 2 amide bonds. The van der Waals surface area contributed by atoms with Crippen LogP contribution >= 0.6 is 34.4 Å². The molecule has 0 aliphatic heterocycles. The molecule has 4 aromatic rings. The summed E-state index contributed by atoms with van der Waals surface area (Å²) in [5, 5.41) is 14.2. The van der Waals surface area contributed by atoms with Crippen molar-refractivity contribution in [3.8, 4) is 11.5 Å². The lowest BCUT2D eigenvalue weighted by Gasteiger charge is -2.11. The molecule has 32 heavy (non-hydrogen) atoms. The van der Waals surface area contributed by atoms with Crippen molar-refractivity contribution in [1.82, 2.24) is 15.2 Å². The van der Waals surface area contributed by atoms with Crippen LogP contribution in [0, 0.1) is 0 Å². The zero-order valence-corrected chi connectivity index (χ0v) is 19.4. The van der Waals surface area contributed by atoms with Crippen LogP contribution < -0.4 is 20.1 Å². The zero-order valence-electron chi connectivity index (χ0n) is 16.9. The number of hydrogen-bond donors (Lipinski definition) is 2. The van der Waals surface area contributed by atoms with Crippen molar-refractivity contribution in [2.45, 2.75) is 4.34 Å². The first-order valence-corrected chi connectivity index (χ1v) is 11.8. The number of thiazole rings is 1. The second-order valence-electron chi connectivity index (χ2n) is 6.22. The molecule has 2 N–H and O–H groups in total. The predicted octanol–water partition coefficient (Wildman–Crippen LogP) is 4.15. The molecule has 0 aliphatic rings. The van der Waals surface area contributed by atoms with E-state index in [2.05, 4.69) is 25.8 Å². The van der Waals surface area contributed by atoms with Crippen LogP contribution in [0.5, 0.6) is 11.5 Å². The van der Waals surface area contributed by atoms with Gasteiger partial charge in [0.05, 0.1) is 35.9 Å². The molecule has 164 valence electrons. The third kappa shape index (κ3) is 5.15. The number of ether oxygens (including phenoxy) is 2. The number of amides is 2. The Bertz CT molecular complexity index is 1240. The lowest BCUT2D eigenvalue weighted by Crippen LogP contribution is -2.14. The fourth-order valence-corrected chi connectivity index (χ4v) is 5.07. The van der Waals surface area contributed by atoms with Crippen molar-refractivity contribution in [3.63, 3.8) is 0 Å². The van der Waals surface area contributed by atoms with Crippen molar-refractivity contribution >= 4 is 67.3 Å². The average molecular weight is 488 g/mol. The molecule has 0 spiro atoms. The Morgan fingerprint density at radius 2 is 1.88 bits per heavy atom. The summed E-state index contributed by atoms with van der Waals surface area (Å²) in [5.74, 6) is 0.658. The fraction of sp³-hybridized carbons (Fsp3) is 0.150. The Balaban J connectivity index is 1.33. The summed E-state index contributed by atoms with van der Waals surface area (Å²) in [5.41, 5.74) is 1.29. The van der Waals surface area contributed by atoms with Crippen LogP contribution in [-0.2, 0) is 4.79 Å². The van der Waals surface area contributed by atoms with Gasteiger partial charge in [-0.25, -0.2) is 4.98 Å². The van der Waals surface area contributed by atoms with E-state index in [1.165, 1.54) is 41.5 Å². The molecule has 0 atom stereocenters. The minimum Gasteiger partial charge on any atom is -0.497 e. The van der Waals surface area contributed by atoms with Crippen molar-refractivity contribution in [1.29, 1.82) is 0 Å². The summed E-state index contributed by atoms with van der Waals surface area (Å²) >= 11 is 3.71. The highest BCUT2D eigenvalue weighted by atomic mass is 32.2. The molecule has 0 saturated heterocycles. The lowest BCUT2D eigenvalue weighted by atomic mass is 10.2. The number of carbonyl (C=O) groups is 2. The van der Waals surface area contributed by atoms with Gasteiger partial charge in [0.2, 0.25) is 11.0 Å². The van der Waals surface area contributed by atoms with Crippen LogP contribution in [-0.4, -0.2) is 47.0 Å². The minimum absolute atomic E-state index is 0.112. The molecule has 0 bridgehead atoms. The van der Waals surface area contributed by atoms with Gasteiger partial charge in [-0.05, 0) is 24.3 Å². The summed E-state index contributed by atoms with van der Waals surface area (Å²) in [6, 6.07) is 12.7. The van der Waals surface area contributed by atoms with Gasteiger partial charge in [-0.2, -0.15) is 0 Å². The monoisotopic (exact) mass is 487 g/mol. The fourth-order valence-electron chi connectivity index (χ4n) is 2.66. The molecule has 4 rings (SSSR count). The number of thioether (sulfide) groups is 1. The molecule has 0 saturated carbocycles. The molecular formula is C20H17N5O4S3. The number of rotatable bonds is 8. The summed E-state index contributed by atoms with van der Waals surface area (Å²) in [7, 11) is 3.07. The van der Waals surface area contributed by atoms with E-state index in [4.69, 9.17) is 9.47 Å². The molecule has 0 radical (unpaired) electrons. The Morgan fingerprint density at radius 3 is 2.66 bits per heavy atom. The van der Waals surface area contributed by atoms with E-state index < -0.39 is 0 Å². The normalized spacial score (nSPS) is 10.7. The third-order valence-corrected chi connectivity index (χ3v) is 7.13. The molecule has 2 aromatic carbocycles. The van der Waals surface area contributed by atoms with Crippen LogP contribution in [0.25, 0.3) is 10.2 Å². The van der Waals surface area contributed by atoms with E-state index in [9.17, 15) is 9.59 Å². The quantitative estimate of drug-likeness (QED) is 0.281. The maximum Gasteiger partial charge on any atom is 0.286 e. The van der Waals surface area contributed by atoms with Gasteiger partial charge >= 0.3 is 0 Å². The largest absolute Gasteiger partial charge is 0.497 e. The van der Waals surface area contributed by atoms with Crippen molar-refractivity contribution in [2.24, 2.45) is 0 Å². The highest BCUT2D eigenvalue weighted by molar-refractivity contribution is 8.01. The third-order valence-electron chi connectivity index (χ3n) is 4.12. The Morgan fingerprint density at radius 1 is 1.03 bits per heavy atom. The number of fused-ring (bicyclic) bond motifs is 1. The maximum atomic E-state index is 12.5. The number of para-hydroxylation sites is 1. The average Bonchev–Trinajstić information content (AvgIpc) is 3.44. The van der Waals surface area contributed by atoms with Crippen LogP contribution in [0.1, 0.15) is 9.80 Å². The van der Waals surface area contributed by atoms with Crippen LogP contribution in [0.2, 0.25) is 0 Å². The summed E-state index contributed by atoms with van der Waals surface area (Å²) in [6.07, 6.45) is 0. The molecular weight excluding hydrogens is 470 g/mol. The first-order chi connectivity index (χ1) is 15.6. The molecule has 12 heteroatoms. The van der Waals surface area contributed by atoms with E-state index in [0.717, 1.165) is 10.2 Å². The highest BCUT2D eigenvalue weighted by Gasteiger charge is 2.16. The maximum absolute atomic E-state index is 12.5. The Kier molecular flexibility index (Phi) is 6.83. The van der Waals surface area contributed by atoms with Gasteiger partial charge in [-0.1, -0.05) is 35.2 Å². The Labute approximate surface area is 195 Å². The van der Waals surface area contributed by atoms with E-state index in [1.807, 2.05) is 24.3 Å². The Hall–Kier alpha value is -3.22. The van der Waals surface area contributed by atoms with Gasteiger partial charge in [0, 0.05) is 6.07 Å². The van der Waals surface area contributed by atoms with E-state index in [1.54, 1.807) is 25.3 Å². The minimum atomic E-state index is -0.346. The number of anilines is 2. The second kappa shape index (κ2) is 9.94. The zero-order chi connectivity index (χ0) is 22.5. The van der Waals surface area contributed by atoms with E-state index in [0.29, 0.717) is 31.7 Å². The number of methoxy groups -OCH3 is 2. The number of aromatic nitrogens is 3. The summed E-state index contributed by atoms with van der Waals surface area (Å²) in [4.78, 5) is 29.1. The van der Waals surface area contributed by atoms with Gasteiger partial charge in [-0.15, -0.1) is 21.5 Å². The van der Waals surface area contributed by atoms with E-state index in [-0.39, 0.29) is 17.6 Å². The molecule has 2 aromatic heterocycles. The molecule has 0 unspecified atom stereocenters. The standard InChI is InChI=1S/C20H17N5O4S3/c1-28-11-7-8-14(29-2)13(9-11)21-16(26)10-30-20-25-24-19(32-20)23-17(27)18-22-12-5-3-4-6-15(12)31-18/h3-9H,10H2,1-2H3,(H,21,26)(H,23,24,27). The molecule has 0 aliphatic carbocycles. The van der Waals surface area contributed by atoms with Crippen LogP contribution in [0.4, 0.5) is 10.8 Å². The number of carbonyl (C=O) groups excluding carboxylic acids is 2. The van der Waals surface area contributed by atoms with Gasteiger partial charge in [0.25, 0.3) is 5.91 Å². The lowest BCUT2D eigenvalue weighted by molar-refractivity contribution is -0.113.